The second-order valence-corrected chi connectivity index (χ2v) is 12.2. The van der Waals surface area contributed by atoms with Crippen molar-refractivity contribution >= 4 is 0 Å². The van der Waals surface area contributed by atoms with Gasteiger partial charge in [-0.1, -0.05) is 43.1 Å². The molecule has 168 valence electrons. The minimum absolute atomic E-state index is 0.0546. The van der Waals surface area contributed by atoms with E-state index in [1.54, 1.807) is 22.3 Å². The molecule has 0 amide bonds. The average molecular weight is 411 g/mol. The minimum Gasteiger partial charge on any atom is -0.393 e. The highest BCUT2D eigenvalue weighted by Crippen LogP contribution is 2.65. The molecular formula is C29H46O. The molecule has 1 N–H and O–H groups in total. The summed E-state index contributed by atoms with van der Waals surface area (Å²) in [7, 11) is 0. The van der Waals surface area contributed by atoms with Crippen LogP contribution in [0, 0.1) is 28.6 Å². The second-order valence-electron chi connectivity index (χ2n) is 12.2. The molecule has 1 saturated carbocycles. The quantitative estimate of drug-likeness (QED) is 0.463. The normalized spacial score (nSPS) is 39.4. The first-order valence-corrected chi connectivity index (χ1v) is 12.8. The third kappa shape index (κ3) is 3.48. The molecule has 0 aromatic heterocycles. The SMILES string of the molecule is CC(C)=C(C)CC[C@@H](C)[C@H]1CC(C)=C2C3=C(CC[C@@]21C)[C@@]1(C)CC[C@H](O)C[C@@H]1CC3. The van der Waals surface area contributed by atoms with Gasteiger partial charge in [-0.15, -0.1) is 0 Å². The summed E-state index contributed by atoms with van der Waals surface area (Å²) in [6, 6.07) is 0. The van der Waals surface area contributed by atoms with Crippen molar-refractivity contribution in [2.75, 3.05) is 0 Å². The predicted octanol–water partition coefficient (Wildman–Crippen LogP) is 8.15. The molecule has 0 spiro atoms. The van der Waals surface area contributed by atoms with Crippen LogP contribution in [0.5, 0.6) is 0 Å². The van der Waals surface area contributed by atoms with Crippen LogP contribution in [0.15, 0.2) is 33.4 Å². The van der Waals surface area contributed by atoms with Crippen LogP contribution in [0.4, 0.5) is 0 Å². The van der Waals surface area contributed by atoms with Crippen LogP contribution >= 0.6 is 0 Å². The topological polar surface area (TPSA) is 20.2 Å². The Morgan fingerprint density at radius 1 is 1.07 bits per heavy atom. The molecule has 1 heteroatoms. The molecule has 0 aromatic carbocycles. The van der Waals surface area contributed by atoms with Gasteiger partial charge in [-0.3, -0.25) is 0 Å². The average Bonchev–Trinajstić information content (AvgIpc) is 2.97. The maximum Gasteiger partial charge on any atom is 0.0543 e. The fourth-order valence-electron chi connectivity index (χ4n) is 8.09. The molecule has 6 atom stereocenters. The number of aliphatic hydroxyl groups excluding tert-OH is 1. The highest BCUT2D eigenvalue weighted by Gasteiger charge is 2.53. The molecule has 0 aromatic rings. The van der Waals surface area contributed by atoms with E-state index in [1.807, 2.05) is 5.57 Å². The molecule has 4 aliphatic carbocycles. The summed E-state index contributed by atoms with van der Waals surface area (Å²) in [4.78, 5) is 0. The monoisotopic (exact) mass is 410 g/mol. The third-order valence-corrected chi connectivity index (χ3v) is 10.3. The Morgan fingerprint density at radius 2 is 1.80 bits per heavy atom. The summed E-state index contributed by atoms with van der Waals surface area (Å²) in [6.45, 7) is 17.0. The number of allylic oxidation sites excluding steroid dienone is 6. The Morgan fingerprint density at radius 3 is 2.50 bits per heavy atom. The lowest BCUT2D eigenvalue weighted by molar-refractivity contribution is 0.0225. The summed E-state index contributed by atoms with van der Waals surface area (Å²) in [5, 5.41) is 10.3. The van der Waals surface area contributed by atoms with Gasteiger partial charge >= 0.3 is 0 Å². The van der Waals surface area contributed by atoms with Crippen LogP contribution in [0.3, 0.4) is 0 Å². The zero-order valence-corrected chi connectivity index (χ0v) is 20.8. The van der Waals surface area contributed by atoms with E-state index in [4.69, 9.17) is 0 Å². The van der Waals surface area contributed by atoms with Gasteiger partial charge in [0.15, 0.2) is 0 Å². The smallest absolute Gasteiger partial charge is 0.0543 e. The van der Waals surface area contributed by atoms with Gasteiger partial charge in [-0.25, -0.2) is 0 Å². The van der Waals surface area contributed by atoms with Crippen LogP contribution in [0.2, 0.25) is 0 Å². The summed E-state index contributed by atoms with van der Waals surface area (Å²) < 4.78 is 0. The second kappa shape index (κ2) is 7.95. The van der Waals surface area contributed by atoms with Gasteiger partial charge in [0.2, 0.25) is 0 Å². The van der Waals surface area contributed by atoms with Crippen LogP contribution in [-0.4, -0.2) is 11.2 Å². The van der Waals surface area contributed by atoms with E-state index in [9.17, 15) is 5.11 Å². The molecule has 1 nitrogen and oxygen atoms in total. The summed E-state index contributed by atoms with van der Waals surface area (Å²) in [6.07, 6.45) is 12.3. The van der Waals surface area contributed by atoms with Crippen LogP contribution < -0.4 is 0 Å². The first-order valence-electron chi connectivity index (χ1n) is 12.8. The Balaban J connectivity index is 1.61. The molecule has 0 unspecified atom stereocenters. The fourth-order valence-corrected chi connectivity index (χ4v) is 8.09. The molecule has 0 aliphatic heterocycles. The van der Waals surface area contributed by atoms with Crippen molar-refractivity contribution in [1.29, 1.82) is 0 Å². The van der Waals surface area contributed by atoms with Gasteiger partial charge in [0.1, 0.15) is 0 Å². The predicted molar refractivity (Wildman–Crippen MR) is 128 cm³/mol. The molecule has 1 fully saturated rings. The maximum atomic E-state index is 10.3. The van der Waals surface area contributed by atoms with E-state index in [1.165, 1.54) is 56.9 Å². The van der Waals surface area contributed by atoms with E-state index in [0.29, 0.717) is 16.7 Å². The van der Waals surface area contributed by atoms with Crippen molar-refractivity contribution < 1.29 is 5.11 Å². The zero-order chi connectivity index (χ0) is 21.8. The van der Waals surface area contributed by atoms with Gasteiger partial charge in [0.25, 0.3) is 0 Å². The number of fused-ring (bicyclic) bond motifs is 4. The summed E-state index contributed by atoms with van der Waals surface area (Å²) in [5.41, 5.74) is 10.9. The molecule has 0 heterocycles. The van der Waals surface area contributed by atoms with Gasteiger partial charge < -0.3 is 5.11 Å². The van der Waals surface area contributed by atoms with E-state index in [0.717, 1.165) is 24.7 Å². The molecule has 0 radical (unpaired) electrons. The molecule has 0 saturated heterocycles. The van der Waals surface area contributed by atoms with Crippen LogP contribution in [0.25, 0.3) is 0 Å². The Labute approximate surface area is 186 Å². The third-order valence-electron chi connectivity index (χ3n) is 10.3. The summed E-state index contributed by atoms with van der Waals surface area (Å²) in [5.74, 6) is 2.30. The first kappa shape index (κ1) is 22.4. The zero-order valence-electron chi connectivity index (χ0n) is 20.8. The highest BCUT2D eigenvalue weighted by molar-refractivity contribution is 5.52. The number of rotatable bonds is 4. The number of hydrogen-bond acceptors (Lipinski definition) is 1. The standard InChI is InChI=1S/C29H46O/c1-18(2)19(3)8-9-20(4)26-16-21(5)27-24-11-10-22-17-23(30)12-14-28(22,6)25(24)13-15-29(26,27)7/h20,22-23,26,30H,8-17H2,1-7H3/t20-,22+,23+,26-,28+,29-/m1/s1. The van der Waals surface area contributed by atoms with Gasteiger partial charge in [-0.2, -0.15) is 0 Å². The van der Waals surface area contributed by atoms with E-state index < -0.39 is 0 Å². The fraction of sp³-hybridized carbons (Fsp3) is 0.793. The van der Waals surface area contributed by atoms with Gasteiger partial charge in [-0.05, 0) is 132 Å². The molecular weight excluding hydrogens is 364 g/mol. The first-order chi connectivity index (χ1) is 14.1. The minimum atomic E-state index is -0.0546. The summed E-state index contributed by atoms with van der Waals surface area (Å²) >= 11 is 0. The number of aliphatic hydroxyl groups is 1. The van der Waals surface area contributed by atoms with Crippen LogP contribution in [-0.2, 0) is 0 Å². The van der Waals surface area contributed by atoms with Crippen molar-refractivity contribution in [3.05, 3.63) is 33.4 Å². The molecule has 4 rings (SSSR count). The number of hydrogen-bond donors (Lipinski definition) is 1. The van der Waals surface area contributed by atoms with E-state index >= 15 is 0 Å². The van der Waals surface area contributed by atoms with E-state index in [2.05, 4.69) is 48.5 Å². The lowest BCUT2D eigenvalue weighted by Crippen LogP contribution is -2.44. The van der Waals surface area contributed by atoms with Gasteiger partial charge in [0.05, 0.1) is 6.10 Å². The lowest BCUT2D eigenvalue weighted by Gasteiger charge is -2.54. The molecule has 0 bridgehead atoms. The Kier molecular flexibility index (Phi) is 5.93. The maximum absolute atomic E-state index is 10.3. The largest absolute Gasteiger partial charge is 0.393 e. The Hall–Kier alpha value is -0.820. The lowest BCUT2D eigenvalue weighted by atomic mass is 9.51. The Bertz CT molecular complexity index is 791. The van der Waals surface area contributed by atoms with E-state index in [-0.39, 0.29) is 6.10 Å². The van der Waals surface area contributed by atoms with Crippen molar-refractivity contribution in [3.63, 3.8) is 0 Å². The van der Waals surface area contributed by atoms with Gasteiger partial charge in [0, 0.05) is 0 Å². The van der Waals surface area contributed by atoms with Crippen molar-refractivity contribution in [2.45, 2.75) is 119 Å². The van der Waals surface area contributed by atoms with Crippen LogP contribution in [0.1, 0.15) is 113 Å². The molecule has 4 aliphatic rings. The highest BCUT2D eigenvalue weighted by atomic mass is 16.3. The van der Waals surface area contributed by atoms with Crippen molar-refractivity contribution in [1.82, 2.24) is 0 Å². The molecule has 30 heavy (non-hydrogen) atoms. The van der Waals surface area contributed by atoms with Crippen molar-refractivity contribution in [3.8, 4) is 0 Å². The van der Waals surface area contributed by atoms with Crippen molar-refractivity contribution in [2.24, 2.45) is 28.6 Å².